The van der Waals surface area contributed by atoms with Crippen molar-refractivity contribution in [1.82, 2.24) is 4.90 Å². The summed E-state index contributed by atoms with van der Waals surface area (Å²) in [5.41, 5.74) is 0.0780. The highest BCUT2D eigenvalue weighted by Crippen LogP contribution is 2.39. The Bertz CT molecular complexity index is 397. The second-order valence-corrected chi connectivity index (χ2v) is 8.21. The quantitative estimate of drug-likeness (QED) is 0.498. The summed E-state index contributed by atoms with van der Waals surface area (Å²) in [4.78, 5) is 25.5. The summed E-state index contributed by atoms with van der Waals surface area (Å²) in [6.45, 7) is 13.9. The molecular formula is C19H35NO3. The molecule has 0 saturated carbocycles. The van der Waals surface area contributed by atoms with Crippen molar-refractivity contribution in [2.45, 2.75) is 104 Å². The molecule has 0 amide bonds. The number of nitrogens with zero attached hydrogens (tertiary/aromatic N) is 1. The molecular weight excluding hydrogens is 290 g/mol. The zero-order chi connectivity index (χ0) is 17.7. The molecule has 1 saturated heterocycles. The van der Waals surface area contributed by atoms with Gasteiger partial charge in [0, 0.05) is 36.8 Å². The van der Waals surface area contributed by atoms with Gasteiger partial charge in [-0.2, -0.15) is 0 Å². The van der Waals surface area contributed by atoms with Gasteiger partial charge in [0.25, 0.3) is 0 Å². The van der Waals surface area contributed by atoms with Crippen LogP contribution in [0, 0.1) is 0 Å². The van der Waals surface area contributed by atoms with Crippen LogP contribution in [0.15, 0.2) is 0 Å². The molecule has 0 aromatic heterocycles. The van der Waals surface area contributed by atoms with Crippen molar-refractivity contribution in [1.29, 1.82) is 0 Å². The molecule has 0 aromatic rings. The lowest BCUT2D eigenvalue weighted by atomic mass is 9.78. The minimum absolute atomic E-state index is 0.00610. The first-order valence-corrected chi connectivity index (χ1v) is 9.05. The van der Waals surface area contributed by atoms with Crippen LogP contribution in [-0.2, 0) is 14.3 Å². The van der Waals surface area contributed by atoms with Crippen LogP contribution in [0.4, 0.5) is 0 Å². The van der Waals surface area contributed by atoms with E-state index in [1.54, 1.807) is 6.92 Å². The second-order valence-electron chi connectivity index (χ2n) is 8.21. The fourth-order valence-corrected chi connectivity index (χ4v) is 4.03. The van der Waals surface area contributed by atoms with Crippen molar-refractivity contribution in [3.05, 3.63) is 0 Å². The molecule has 134 valence electrons. The third-order valence-electron chi connectivity index (χ3n) is 4.82. The van der Waals surface area contributed by atoms with Crippen LogP contribution in [0.3, 0.4) is 0 Å². The van der Waals surface area contributed by atoms with Gasteiger partial charge in [-0.25, -0.2) is 0 Å². The number of Topliss-reactive ketones (excluding diaryl/α,β-unsaturated/α-hetero) is 1. The van der Waals surface area contributed by atoms with Gasteiger partial charge in [0.05, 0.1) is 0 Å². The van der Waals surface area contributed by atoms with Gasteiger partial charge in [0.2, 0.25) is 0 Å². The van der Waals surface area contributed by atoms with Crippen molar-refractivity contribution in [2.24, 2.45) is 0 Å². The van der Waals surface area contributed by atoms with E-state index in [1.807, 2.05) is 0 Å². The molecule has 1 aliphatic rings. The number of likely N-dealkylation sites (tertiary alicyclic amines) is 1. The fraction of sp³-hybridized carbons (Fsp3) is 0.895. The molecule has 0 N–H and O–H groups in total. The van der Waals surface area contributed by atoms with Crippen LogP contribution >= 0.6 is 0 Å². The third kappa shape index (κ3) is 6.25. The predicted molar refractivity (Wildman–Crippen MR) is 93.4 cm³/mol. The van der Waals surface area contributed by atoms with Crippen LogP contribution in [0.25, 0.3) is 0 Å². The topological polar surface area (TPSA) is 46.6 Å². The number of carbonyl (C=O) groups is 2. The molecule has 0 bridgehead atoms. The monoisotopic (exact) mass is 325 g/mol. The summed E-state index contributed by atoms with van der Waals surface area (Å²) in [5.74, 6) is 0.0688. The molecule has 0 aromatic carbocycles. The van der Waals surface area contributed by atoms with E-state index in [2.05, 4.69) is 39.5 Å². The van der Waals surface area contributed by atoms with Crippen molar-refractivity contribution < 1.29 is 14.3 Å². The highest BCUT2D eigenvalue weighted by Gasteiger charge is 2.45. The van der Waals surface area contributed by atoms with E-state index in [0.29, 0.717) is 12.8 Å². The Kier molecular flexibility index (Phi) is 7.25. The van der Waals surface area contributed by atoms with Crippen LogP contribution in [0.1, 0.15) is 86.5 Å². The maximum absolute atomic E-state index is 12.1. The number of hydrogen-bond acceptors (Lipinski definition) is 4. The summed E-state index contributed by atoms with van der Waals surface area (Å²) in [6, 6.07) is 0. The summed E-state index contributed by atoms with van der Waals surface area (Å²) in [7, 11) is 0. The molecule has 1 heterocycles. The van der Waals surface area contributed by atoms with Crippen molar-refractivity contribution in [2.75, 3.05) is 6.54 Å². The highest BCUT2D eigenvalue weighted by atomic mass is 16.5. The number of piperidine rings is 1. The zero-order valence-corrected chi connectivity index (χ0v) is 15.9. The van der Waals surface area contributed by atoms with Crippen LogP contribution < -0.4 is 0 Å². The van der Waals surface area contributed by atoms with Gasteiger partial charge in [0.15, 0.2) is 0 Å². The number of ketones is 1. The lowest BCUT2D eigenvalue weighted by Crippen LogP contribution is -2.62. The number of esters is 1. The number of hydrogen-bond donors (Lipinski definition) is 0. The fourth-order valence-electron chi connectivity index (χ4n) is 4.03. The second kappa shape index (κ2) is 8.27. The SMILES string of the molecule is CCCN1C(C)(C)CC(OC(=O)CCCCC(C)=O)CC1(C)C. The average molecular weight is 325 g/mol. The Morgan fingerprint density at radius 3 is 2.04 bits per heavy atom. The van der Waals surface area contributed by atoms with E-state index in [4.69, 9.17) is 4.74 Å². The van der Waals surface area contributed by atoms with E-state index in [-0.39, 0.29) is 28.9 Å². The largest absolute Gasteiger partial charge is 0.462 e. The summed E-state index contributed by atoms with van der Waals surface area (Å²) < 4.78 is 5.75. The van der Waals surface area contributed by atoms with Gasteiger partial charge in [-0.15, -0.1) is 0 Å². The van der Waals surface area contributed by atoms with Gasteiger partial charge >= 0.3 is 5.97 Å². The minimum atomic E-state index is -0.117. The molecule has 0 radical (unpaired) electrons. The Balaban J connectivity index is 2.52. The van der Waals surface area contributed by atoms with Crippen LogP contribution in [0.5, 0.6) is 0 Å². The summed E-state index contributed by atoms with van der Waals surface area (Å²) >= 11 is 0. The molecule has 0 spiro atoms. The van der Waals surface area contributed by atoms with Crippen LogP contribution in [-0.4, -0.2) is 40.4 Å². The van der Waals surface area contributed by atoms with Crippen molar-refractivity contribution >= 4 is 11.8 Å². The number of ether oxygens (including phenoxy) is 1. The van der Waals surface area contributed by atoms with Crippen molar-refractivity contribution in [3.63, 3.8) is 0 Å². The van der Waals surface area contributed by atoms with E-state index in [0.717, 1.165) is 38.6 Å². The predicted octanol–water partition coefficient (Wildman–Crippen LogP) is 4.11. The third-order valence-corrected chi connectivity index (χ3v) is 4.82. The lowest BCUT2D eigenvalue weighted by Gasteiger charge is -2.55. The van der Waals surface area contributed by atoms with Gasteiger partial charge < -0.3 is 9.53 Å². The first-order chi connectivity index (χ1) is 10.6. The molecule has 0 aliphatic carbocycles. The average Bonchev–Trinajstić information content (AvgIpc) is 2.38. The zero-order valence-electron chi connectivity index (χ0n) is 15.9. The van der Waals surface area contributed by atoms with Crippen LogP contribution in [0.2, 0.25) is 0 Å². The smallest absolute Gasteiger partial charge is 0.306 e. The Hall–Kier alpha value is -0.900. The number of rotatable bonds is 8. The van der Waals surface area contributed by atoms with Gasteiger partial charge in [-0.05, 0) is 60.4 Å². The van der Waals surface area contributed by atoms with Crippen molar-refractivity contribution in [3.8, 4) is 0 Å². The first kappa shape index (κ1) is 20.1. The normalized spacial score (nSPS) is 21.1. The first-order valence-electron chi connectivity index (χ1n) is 9.05. The maximum atomic E-state index is 12.1. The number of carbonyl (C=O) groups excluding carboxylic acids is 2. The number of unbranched alkanes of at least 4 members (excludes halogenated alkanes) is 1. The van der Waals surface area contributed by atoms with Gasteiger partial charge in [-0.1, -0.05) is 6.92 Å². The Morgan fingerprint density at radius 1 is 1.04 bits per heavy atom. The molecule has 23 heavy (non-hydrogen) atoms. The molecule has 4 nitrogen and oxygen atoms in total. The standard InChI is InChI=1S/C19H35NO3/c1-7-12-20-18(3,4)13-16(14-19(20,5)6)23-17(22)11-9-8-10-15(2)21/h16H,7-14H2,1-6H3. The van der Waals surface area contributed by atoms with E-state index >= 15 is 0 Å². The van der Waals surface area contributed by atoms with Gasteiger partial charge in [0.1, 0.15) is 11.9 Å². The molecule has 1 aliphatic heterocycles. The summed E-state index contributed by atoms with van der Waals surface area (Å²) in [6.07, 6.45) is 5.38. The Labute approximate surface area is 141 Å². The minimum Gasteiger partial charge on any atom is -0.462 e. The van der Waals surface area contributed by atoms with E-state index in [9.17, 15) is 9.59 Å². The maximum Gasteiger partial charge on any atom is 0.306 e. The summed E-state index contributed by atoms with van der Waals surface area (Å²) in [5, 5.41) is 0. The lowest BCUT2D eigenvalue weighted by molar-refractivity contribution is -0.160. The van der Waals surface area contributed by atoms with E-state index in [1.165, 1.54) is 0 Å². The molecule has 1 fully saturated rings. The Morgan fingerprint density at radius 2 is 1.57 bits per heavy atom. The molecule has 1 rings (SSSR count). The highest BCUT2D eigenvalue weighted by molar-refractivity contribution is 5.75. The van der Waals surface area contributed by atoms with E-state index < -0.39 is 0 Å². The molecule has 0 atom stereocenters. The molecule has 4 heteroatoms. The van der Waals surface area contributed by atoms with Gasteiger partial charge in [-0.3, -0.25) is 9.69 Å². The molecule has 0 unspecified atom stereocenters.